The van der Waals surface area contributed by atoms with Crippen molar-refractivity contribution in [2.75, 3.05) is 27.2 Å². The monoisotopic (exact) mass is 384 g/mol. The molecule has 1 aromatic carbocycles. The molecule has 0 unspecified atom stereocenters. The lowest BCUT2D eigenvalue weighted by atomic mass is 9.65. The molecule has 0 spiro atoms. The molecule has 0 amide bonds. The van der Waals surface area contributed by atoms with Crippen molar-refractivity contribution in [1.82, 2.24) is 4.90 Å². The van der Waals surface area contributed by atoms with Crippen molar-refractivity contribution in [3.63, 3.8) is 0 Å². The number of fused-ring (bicyclic) bond motifs is 1. The van der Waals surface area contributed by atoms with Crippen molar-refractivity contribution in [2.24, 2.45) is 28.8 Å². The summed E-state index contributed by atoms with van der Waals surface area (Å²) in [6.45, 7) is 5.92. The fourth-order valence-electron chi connectivity index (χ4n) is 5.33. The third-order valence-electron chi connectivity index (χ3n) is 6.58. The van der Waals surface area contributed by atoms with E-state index in [1.54, 1.807) is 0 Å². The molecule has 0 radical (unpaired) electrons. The number of hydrogen-bond donors (Lipinski definition) is 1. The molecule has 4 heteroatoms. The van der Waals surface area contributed by atoms with Crippen LogP contribution in [0.15, 0.2) is 47.1 Å². The minimum atomic E-state index is -0.193. The van der Waals surface area contributed by atoms with Crippen LogP contribution in [0.4, 0.5) is 0 Å². The molecule has 2 fully saturated rings. The fraction of sp³-hybridized carbons (Fsp3) is 0.625. The zero-order valence-electron chi connectivity index (χ0n) is 17.8. The Morgan fingerprint density at radius 1 is 1.21 bits per heavy atom. The molecule has 1 N–H and O–H groups in total. The van der Waals surface area contributed by atoms with Gasteiger partial charge < -0.3 is 14.8 Å². The van der Waals surface area contributed by atoms with Gasteiger partial charge in [-0.25, -0.2) is 0 Å². The zero-order valence-corrected chi connectivity index (χ0v) is 17.8. The minimum absolute atomic E-state index is 0.193. The maximum atomic E-state index is 10.8. The van der Waals surface area contributed by atoms with Crippen molar-refractivity contribution in [3.8, 4) is 0 Å². The first kappa shape index (κ1) is 21.1. The van der Waals surface area contributed by atoms with Gasteiger partial charge in [-0.3, -0.25) is 0 Å². The summed E-state index contributed by atoms with van der Waals surface area (Å²) in [6.07, 6.45) is 7.12. The van der Waals surface area contributed by atoms with E-state index in [4.69, 9.17) is 4.84 Å². The summed E-state index contributed by atoms with van der Waals surface area (Å²) in [6, 6.07) is 10.8. The molecule has 0 bridgehead atoms. The molecular formula is C24H36N2O2. The molecule has 6 atom stereocenters. The molecule has 2 aliphatic rings. The number of allylic oxidation sites excluding steroid dienone is 2. The summed E-state index contributed by atoms with van der Waals surface area (Å²) in [5, 5.41) is 14.9. The lowest BCUT2D eigenvalue weighted by Crippen LogP contribution is -2.33. The molecule has 154 valence electrons. The predicted molar refractivity (Wildman–Crippen MR) is 115 cm³/mol. The molecule has 0 saturated heterocycles. The minimum Gasteiger partial charge on any atom is -0.394 e. The summed E-state index contributed by atoms with van der Waals surface area (Å²) in [5.41, 5.74) is 2.55. The van der Waals surface area contributed by atoms with Crippen LogP contribution in [0.25, 0.3) is 0 Å². The first-order valence-electron chi connectivity index (χ1n) is 10.7. The van der Waals surface area contributed by atoms with Crippen molar-refractivity contribution >= 4 is 6.21 Å². The number of rotatable bonds is 7. The first-order chi connectivity index (χ1) is 13.5. The molecule has 0 heterocycles. The molecule has 2 saturated carbocycles. The van der Waals surface area contributed by atoms with Gasteiger partial charge in [-0.1, -0.05) is 48.5 Å². The van der Waals surface area contributed by atoms with Gasteiger partial charge in [-0.15, -0.1) is 0 Å². The van der Waals surface area contributed by atoms with Crippen LogP contribution in [0.5, 0.6) is 0 Å². The van der Waals surface area contributed by atoms with Crippen LogP contribution >= 0.6 is 0 Å². The standard InChI is InChI=1S/C24H36N2O2/c1-17(16-25-28-11-10-26(3)4)12-21-15-23(27)22-14-20(13-18(2)24(21)22)19-8-6-5-7-9-19/h5-9,12,16,18,20-24,27H,10-11,13-15H2,1-4H3/b17-12+,25-16+/t18-,20-,21+,22+,23-,24+/m0/s1. The SMILES string of the molecule is CC(/C=N/OCCN(C)C)=C\[C@@H]1C[C@H](O)[C@H]2C[C@@H](c3ccccc3)C[C@H](C)[C@@H]21. The Hall–Kier alpha value is -1.65. The van der Waals surface area contributed by atoms with Crippen molar-refractivity contribution in [1.29, 1.82) is 0 Å². The van der Waals surface area contributed by atoms with Crippen molar-refractivity contribution < 1.29 is 9.94 Å². The Morgan fingerprint density at radius 3 is 2.68 bits per heavy atom. The number of nitrogens with zero attached hydrogens (tertiary/aromatic N) is 2. The highest BCUT2D eigenvalue weighted by Crippen LogP contribution is 2.53. The van der Waals surface area contributed by atoms with E-state index in [0.717, 1.165) is 25.0 Å². The first-order valence-corrected chi connectivity index (χ1v) is 10.7. The Labute approximate surface area is 170 Å². The van der Waals surface area contributed by atoms with Gasteiger partial charge in [-0.2, -0.15) is 0 Å². The third kappa shape index (κ3) is 5.24. The molecule has 1 aromatic rings. The highest BCUT2D eigenvalue weighted by molar-refractivity contribution is 5.77. The number of aliphatic hydroxyl groups is 1. The Morgan fingerprint density at radius 2 is 1.96 bits per heavy atom. The van der Waals surface area contributed by atoms with E-state index in [-0.39, 0.29) is 6.10 Å². The largest absolute Gasteiger partial charge is 0.394 e. The number of likely N-dealkylation sites (N-methyl/N-ethyl adjacent to an activating group) is 1. The van der Waals surface area contributed by atoms with Gasteiger partial charge in [0.1, 0.15) is 6.61 Å². The van der Waals surface area contributed by atoms with Crippen LogP contribution < -0.4 is 0 Å². The summed E-state index contributed by atoms with van der Waals surface area (Å²) < 4.78 is 0. The maximum absolute atomic E-state index is 10.8. The van der Waals surface area contributed by atoms with Crippen molar-refractivity contribution in [2.45, 2.75) is 45.1 Å². The maximum Gasteiger partial charge on any atom is 0.129 e. The van der Waals surface area contributed by atoms with E-state index >= 15 is 0 Å². The Kier molecular flexibility index (Phi) is 7.30. The smallest absolute Gasteiger partial charge is 0.129 e. The number of hydrogen-bond acceptors (Lipinski definition) is 4. The average molecular weight is 385 g/mol. The van der Waals surface area contributed by atoms with E-state index in [9.17, 15) is 5.11 Å². The lowest BCUT2D eigenvalue weighted by Gasteiger charge is -2.40. The van der Waals surface area contributed by atoms with Gasteiger partial charge in [0.25, 0.3) is 0 Å². The molecule has 28 heavy (non-hydrogen) atoms. The van der Waals surface area contributed by atoms with E-state index in [1.807, 2.05) is 20.3 Å². The van der Waals surface area contributed by atoms with E-state index in [1.165, 1.54) is 12.0 Å². The van der Waals surface area contributed by atoms with E-state index < -0.39 is 0 Å². The Bertz CT molecular complexity index is 670. The highest BCUT2D eigenvalue weighted by atomic mass is 16.6. The van der Waals surface area contributed by atoms with Gasteiger partial charge in [-0.05, 0) is 81.0 Å². The second-order valence-corrected chi connectivity index (χ2v) is 9.05. The second kappa shape index (κ2) is 9.71. The van der Waals surface area contributed by atoms with E-state index in [0.29, 0.717) is 36.2 Å². The summed E-state index contributed by atoms with van der Waals surface area (Å²) in [5.74, 6) is 2.58. The van der Waals surface area contributed by atoms with Crippen LogP contribution in [0.2, 0.25) is 0 Å². The van der Waals surface area contributed by atoms with Gasteiger partial charge in [0, 0.05) is 6.54 Å². The zero-order chi connectivity index (χ0) is 20.1. The van der Waals surface area contributed by atoms with E-state index in [2.05, 4.69) is 60.3 Å². The molecule has 3 rings (SSSR count). The molecule has 0 aliphatic heterocycles. The number of oxime groups is 1. The quantitative estimate of drug-likeness (QED) is 0.432. The molecular weight excluding hydrogens is 348 g/mol. The van der Waals surface area contributed by atoms with Crippen LogP contribution in [-0.4, -0.2) is 49.6 Å². The predicted octanol–water partition coefficient (Wildman–Crippen LogP) is 4.32. The normalized spacial score (nSPS) is 33.4. The number of benzene rings is 1. The summed E-state index contributed by atoms with van der Waals surface area (Å²) in [4.78, 5) is 7.40. The van der Waals surface area contributed by atoms with Crippen LogP contribution in [-0.2, 0) is 4.84 Å². The second-order valence-electron chi connectivity index (χ2n) is 9.05. The van der Waals surface area contributed by atoms with Crippen LogP contribution in [0.3, 0.4) is 0 Å². The topological polar surface area (TPSA) is 45.1 Å². The van der Waals surface area contributed by atoms with Gasteiger partial charge in [0.2, 0.25) is 0 Å². The summed E-state index contributed by atoms with van der Waals surface area (Å²) >= 11 is 0. The number of aliphatic hydroxyl groups excluding tert-OH is 1. The van der Waals surface area contributed by atoms with Gasteiger partial charge in [0.15, 0.2) is 0 Å². The van der Waals surface area contributed by atoms with Crippen molar-refractivity contribution in [3.05, 3.63) is 47.5 Å². The lowest BCUT2D eigenvalue weighted by molar-refractivity contribution is 0.0654. The summed E-state index contributed by atoms with van der Waals surface area (Å²) in [7, 11) is 4.04. The molecule has 0 aromatic heterocycles. The van der Waals surface area contributed by atoms with Gasteiger partial charge in [0.05, 0.1) is 12.3 Å². The third-order valence-corrected chi connectivity index (χ3v) is 6.58. The van der Waals surface area contributed by atoms with Crippen LogP contribution in [0.1, 0.15) is 44.6 Å². The molecule has 4 nitrogen and oxygen atoms in total. The Balaban J connectivity index is 1.62. The van der Waals surface area contributed by atoms with Gasteiger partial charge >= 0.3 is 0 Å². The average Bonchev–Trinajstić information content (AvgIpc) is 2.97. The molecule has 2 aliphatic carbocycles. The fourth-order valence-corrected chi connectivity index (χ4v) is 5.33. The van der Waals surface area contributed by atoms with Crippen LogP contribution in [0, 0.1) is 23.7 Å². The highest BCUT2D eigenvalue weighted by Gasteiger charge is 2.48.